The standard InChI is InChI=1S/C12H18BrNOS/c1-3-9(2)7-16(15)8-10-5-4-6-11(14)12(10)13/h4-6,9H,3,7-8,14H2,1-2H3. The minimum absolute atomic E-state index is 0.515. The minimum atomic E-state index is -0.805. The number of nitrogens with two attached hydrogens (primary N) is 1. The van der Waals surface area contributed by atoms with Crippen molar-refractivity contribution in [2.75, 3.05) is 11.5 Å². The lowest BCUT2D eigenvalue weighted by Crippen LogP contribution is -2.09. The zero-order valence-corrected chi connectivity index (χ0v) is 12.1. The molecule has 0 spiro atoms. The average molecular weight is 304 g/mol. The van der Waals surface area contributed by atoms with E-state index in [9.17, 15) is 4.21 Å². The van der Waals surface area contributed by atoms with E-state index in [4.69, 9.17) is 5.73 Å². The molecule has 4 heteroatoms. The first-order valence-corrected chi connectivity index (χ1v) is 7.70. The molecule has 2 nitrogen and oxygen atoms in total. The number of nitrogen functional groups attached to an aromatic ring is 1. The van der Waals surface area contributed by atoms with Crippen molar-refractivity contribution in [1.29, 1.82) is 0 Å². The Balaban J connectivity index is 2.66. The fourth-order valence-electron chi connectivity index (χ4n) is 1.38. The maximum Gasteiger partial charge on any atom is 0.0497 e. The van der Waals surface area contributed by atoms with Gasteiger partial charge in [0, 0.05) is 32.5 Å². The summed E-state index contributed by atoms with van der Waals surface area (Å²) in [6.07, 6.45) is 1.07. The van der Waals surface area contributed by atoms with Gasteiger partial charge in [-0.2, -0.15) is 0 Å². The third kappa shape index (κ3) is 3.91. The predicted octanol–water partition coefficient (Wildman–Crippen LogP) is 3.33. The fourth-order valence-corrected chi connectivity index (χ4v) is 3.54. The third-order valence-corrected chi connectivity index (χ3v) is 5.13. The molecular formula is C12H18BrNOS. The van der Waals surface area contributed by atoms with Crippen LogP contribution < -0.4 is 5.73 Å². The van der Waals surface area contributed by atoms with E-state index in [1.807, 2.05) is 18.2 Å². The molecular weight excluding hydrogens is 286 g/mol. The van der Waals surface area contributed by atoms with Crippen LogP contribution in [0.3, 0.4) is 0 Å². The number of benzene rings is 1. The van der Waals surface area contributed by atoms with Crippen LogP contribution in [0.1, 0.15) is 25.8 Å². The van der Waals surface area contributed by atoms with Gasteiger partial charge >= 0.3 is 0 Å². The zero-order chi connectivity index (χ0) is 12.1. The second-order valence-corrected chi connectivity index (χ2v) is 6.38. The van der Waals surface area contributed by atoms with Crippen LogP contribution in [0.5, 0.6) is 0 Å². The Morgan fingerprint density at radius 1 is 1.50 bits per heavy atom. The maximum atomic E-state index is 11.9. The molecule has 16 heavy (non-hydrogen) atoms. The maximum absolute atomic E-state index is 11.9. The molecule has 1 rings (SSSR count). The normalized spacial score (nSPS) is 14.7. The molecule has 0 aliphatic rings. The van der Waals surface area contributed by atoms with Crippen molar-refractivity contribution in [3.05, 3.63) is 28.2 Å². The van der Waals surface area contributed by atoms with Crippen LogP contribution in [0.25, 0.3) is 0 Å². The Bertz CT molecular complexity index is 381. The molecule has 1 aromatic carbocycles. The summed E-state index contributed by atoms with van der Waals surface area (Å²) in [5.74, 6) is 1.86. The fraction of sp³-hybridized carbons (Fsp3) is 0.500. The molecule has 0 bridgehead atoms. The quantitative estimate of drug-likeness (QED) is 0.848. The largest absolute Gasteiger partial charge is 0.398 e. The van der Waals surface area contributed by atoms with E-state index >= 15 is 0 Å². The second-order valence-electron chi connectivity index (χ2n) is 4.08. The zero-order valence-electron chi connectivity index (χ0n) is 9.70. The average Bonchev–Trinajstić information content (AvgIpc) is 2.24. The Morgan fingerprint density at radius 2 is 2.19 bits per heavy atom. The molecule has 0 aliphatic heterocycles. The van der Waals surface area contributed by atoms with E-state index < -0.39 is 10.8 Å². The Morgan fingerprint density at radius 3 is 2.81 bits per heavy atom. The highest BCUT2D eigenvalue weighted by Crippen LogP contribution is 2.25. The molecule has 0 saturated carbocycles. The SMILES string of the molecule is CCC(C)CS(=O)Cc1cccc(N)c1Br. The number of rotatable bonds is 5. The highest BCUT2D eigenvalue weighted by atomic mass is 79.9. The smallest absolute Gasteiger partial charge is 0.0497 e. The number of halogens is 1. The lowest BCUT2D eigenvalue weighted by Gasteiger charge is -2.10. The summed E-state index contributed by atoms with van der Waals surface area (Å²) >= 11 is 3.43. The molecule has 0 amide bonds. The third-order valence-electron chi connectivity index (χ3n) is 2.59. The second kappa shape index (κ2) is 6.40. The van der Waals surface area contributed by atoms with Crippen LogP contribution in [0.4, 0.5) is 5.69 Å². The van der Waals surface area contributed by atoms with Gasteiger partial charge in [-0.1, -0.05) is 32.4 Å². The summed E-state index contributed by atoms with van der Waals surface area (Å²) in [4.78, 5) is 0. The molecule has 0 aromatic heterocycles. The van der Waals surface area contributed by atoms with Gasteiger partial charge in [0.1, 0.15) is 0 Å². The minimum Gasteiger partial charge on any atom is -0.398 e. The van der Waals surface area contributed by atoms with E-state index in [2.05, 4.69) is 29.8 Å². The molecule has 2 atom stereocenters. The summed E-state index contributed by atoms with van der Waals surface area (Å²) in [7, 11) is -0.805. The van der Waals surface area contributed by atoms with Crippen molar-refractivity contribution >= 4 is 32.4 Å². The van der Waals surface area contributed by atoms with Gasteiger partial charge in [0.15, 0.2) is 0 Å². The molecule has 0 saturated heterocycles. The van der Waals surface area contributed by atoms with Crippen molar-refractivity contribution < 1.29 is 4.21 Å². The summed E-state index contributed by atoms with van der Waals surface area (Å²) in [5, 5.41) is 0. The van der Waals surface area contributed by atoms with Crippen LogP contribution in [-0.2, 0) is 16.6 Å². The molecule has 0 fully saturated rings. The van der Waals surface area contributed by atoms with Gasteiger partial charge in [0.05, 0.1) is 0 Å². The van der Waals surface area contributed by atoms with E-state index in [1.165, 1.54) is 0 Å². The first-order chi connectivity index (χ1) is 7.54. The van der Waals surface area contributed by atoms with Gasteiger partial charge in [-0.3, -0.25) is 4.21 Å². The van der Waals surface area contributed by atoms with Crippen LogP contribution >= 0.6 is 15.9 Å². The molecule has 0 aliphatic carbocycles. The van der Waals surface area contributed by atoms with E-state index in [0.29, 0.717) is 17.4 Å². The highest BCUT2D eigenvalue weighted by molar-refractivity contribution is 9.10. The van der Waals surface area contributed by atoms with Crippen molar-refractivity contribution in [3.8, 4) is 0 Å². The first kappa shape index (κ1) is 13.7. The van der Waals surface area contributed by atoms with Crippen molar-refractivity contribution in [2.45, 2.75) is 26.0 Å². The Hall–Kier alpha value is -0.350. The topological polar surface area (TPSA) is 43.1 Å². The Kier molecular flexibility index (Phi) is 5.49. The van der Waals surface area contributed by atoms with E-state index in [1.54, 1.807) is 0 Å². The van der Waals surface area contributed by atoms with Gasteiger partial charge in [-0.05, 0) is 33.5 Å². The number of hydrogen-bond acceptors (Lipinski definition) is 2. The van der Waals surface area contributed by atoms with Crippen LogP contribution in [-0.4, -0.2) is 9.96 Å². The van der Waals surface area contributed by atoms with Crippen LogP contribution in [0, 0.1) is 5.92 Å². The number of hydrogen-bond donors (Lipinski definition) is 1. The molecule has 0 radical (unpaired) electrons. The number of anilines is 1. The summed E-state index contributed by atoms with van der Waals surface area (Å²) < 4.78 is 12.8. The molecule has 90 valence electrons. The van der Waals surface area contributed by atoms with Crippen molar-refractivity contribution in [2.24, 2.45) is 5.92 Å². The highest BCUT2D eigenvalue weighted by Gasteiger charge is 2.10. The van der Waals surface area contributed by atoms with Crippen LogP contribution in [0.2, 0.25) is 0 Å². The van der Waals surface area contributed by atoms with Gasteiger partial charge in [0.2, 0.25) is 0 Å². The molecule has 1 aromatic rings. The lowest BCUT2D eigenvalue weighted by molar-refractivity contribution is 0.615. The summed E-state index contributed by atoms with van der Waals surface area (Å²) in [6, 6.07) is 5.70. The van der Waals surface area contributed by atoms with Gasteiger partial charge in [0.25, 0.3) is 0 Å². The van der Waals surface area contributed by atoms with Gasteiger partial charge in [-0.25, -0.2) is 0 Å². The van der Waals surface area contributed by atoms with Gasteiger partial charge < -0.3 is 5.73 Å². The van der Waals surface area contributed by atoms with Crippen LogP contribution in [0.15, 0.2) is 22.7 Å². The summed E-state index contributed by atoms with van der Waals surface area (Å²) in [6.45, 7) is 4.25. The Labute approximate surface area is 108 Å². The molecule has 0 heterocycles. The van der Waals surface area contributed by atoms with E-state index in [0.717, 1.165) is 22.2 Å². The molecule has 2 unspecified atom stereocenters. The van der Waals surface area contributed by atoms with Crippen molar-refractivity contribution in [3.63, 3.8) is 0 Å². The van der Waals surface area contributed by atoms with E-state index in [-0.39, 0.29) is 0 Å². The summed E-state index contributed by atoms with van der Waals surface area (Å²) in [5.41, 5.74) is 7.51. The lowest BCUT2D eigenvalue weighted by atomic mass is 10.2. The monoisotopic (exact) mass is 303 g/mol. The van der Waals surface area contributed by atoms with Crippen molar-refractivity contribution in [1.82, 2.24) is 0 Å². The first-order valence-electron chi connectivity index (χ1n) is 5.42. The predicted molar refractivity (Wildman–Crippen MR) is 74.7 cm³/mol. The van der Waals surface area contributed by atoms with Gasteiger partial charge in [-0.15, -0.1) is 0 Å². The molecule has 2 N–H and O–H groups in total.